The molecule has 0 bridgehead atoms. The van der Waals surface area contributed by atoms with Gasteiger partial charge in [-0.25, -0.2) is 9.59 Å². The van der Waals surface area contributed by atoms with Gasteiger partial charge in [0.15, 0.2) is 0 Å². The number of hydrogen-bond donors (Lipinski definition) is 2. The number of rotatable bonds is 4. The molecular weight excluding hydrogens is 382 g/mol. The predicted octanol–water partition coefficient (Wildman–Crippen LogP) is 3.45. The second kappa shape index (κ2) is 8.36. The molecule has 2 aliphatic heterocycles. The fraction of sp³-hybridized carbons (Fsp3) is 0.391. The molecule has 0 aliphatic carbocycles. The van der Waals surface area contributed by atoms with E-state index in [-0.39, 0.29) is 18.1 Å². The summed E-state index contributed by atoms with van der Waals surface area (Å²) in [5.74, 6) is -0.0148. The maximum absolute atomic E-state index is 12.8. The second-order valence-electron chi connectivity index (χ2n) is 8.13. The Morgan fingerprint density at radius 3 is 2.47 bits per heavy atom. The zero-order valence-electron chi connectivity index (χ0n) is 17.3. The van der Waals surface area contributed by atoms with Crippen molar-refractivity contribution >= 4 is 17.7 Å². The first kappa shape index (κ1) is 20.2. The zero-order chi connectivity index (χ0) is 21.3. The molecule has 0 unspecified atom stereocenters. The number of hydrogen-bond acceptors (Lipinski definition) is 4. The number of nitrogens with one attached hydrogen (secondary N) is 1. The summed E-state index contributed by atoms with van der Waals surface area (Å²) in [7, 11) is 0. The third kappa shape index (κ3) is 4.26. The lowest BCUT2D eigenvalue weighted by Gasteiger charge is -2.44. The van der Waals surface area contributed by atoms with E-state index in [4.69, 9.17) is 9.84 Å². The van der Waals surface area contributed by atoms with E-state index in [1.165, 1.54) is 0 Å². The van der Waals surface area contributed by atoms with Crippen LogP contribution in [0.3, 0.4) is 0 Å². The van der Waals surface area contributed by atoms with Crippen molar-refractivity contribution in [2.45, 2.75) is 38.9 Å². The summed E-state index contributed by atoms with van der Waals surface area (Å²) in [6.45, 7) is 6.93. The number of ether oxygens (including phenoxy) is 1. The van der Waals surface area contributed by atoms with Gasteiger partial charge >= 0.3 is 12.0 Å². The first-order chi connectivity index (χ1) is 14.4. The zero-order valence-corrected chi connectivity index (χ0v) is 17.3. The molecule has 2 atom stereocenters. The summed E-state index contributed by atoms with van der Waals surface area (Å²) >= 11 is 0. The van der Waals surface area contributed by atoms with Gasteiger partial charge in [0.2, 0.25) is 0 Å². The van der Waals surface area contributed by atoms with E-state index in [2.05, 4.69) is 24.1 Å². The standard InChI is InChI=1S/C23H27N3O4/c1-15-12-25(23(29)24-20-7-8-21-19(11-20)9-10-30-21)13-16(2)26(15)14-17-3-5-18(6-4-17)22(27)28/h3-8,11,15-16H,9-10,12-14H2,1-2H3,(H,24,29)(H,27,28)/t15-,16+. The lowest BCUT2D eigenvalue weighted by molar-refractivity contribution is 0.0526. The molecule has 0 radical (unpaired) electrons. The van der Waals surface area contributed by atoms with Crippen LogP contribution in [0.1, 0.15) is 35.3 Å². The number of piperazine rings is 1. The topological polar surface area (TPSA) is 82.1 Å². The van der Waals surface area contributed by atoms with E-state index in [9.17, 15) is 9.59 Å². The molecule has 2 amide bonds. The summed E-state index contributed by atoms with van der Waals surface area (Å²) < 4.78 is 5.52. The Kier molecular flexibility index (Phi) is 5.63. The first-order valence-corrected chi connectivity index (χ1v) is 10.3. The van der Waals surface area contributed by atoms with Crippen LogP contribution in [0.15, 0.2) is 42.5 Å². The molecule has 2 aromatic rings. The van der Waals surface area contributed by atoms with Gasteiger partial charge in [-0.1, -0.05) is 12.1 Å². The van der Waals surface area contributed by atoms with Crippen LogP contribution >= 0.6 is 0 Å². The molecule has 7 nitrogen and oxygen atoms in total. The van der Waals surface area contributed by atoms with Gasteiger partial charge in [-0.05, 0) is 55.3 Å². The highest BCUT2D eigenvalue weighted by molar-refractivity contribution is 5.89. The third-order valence-corrected chi connectivity index (χ3v) is 5.90. The van der Waals surface area contributed by atoms with Crippen LogP contribution < -0.4 is 10.1 Å². The van der Waals surface area contributed by atoms with Crippen LogP contribution in [0.5, 0.6) is 5.75 Å². The van der Waals surface area contributed by atoms with Crippen LogP contribution in [0.4, 0.5) is 10.5 Å². The van der Waals surface area contributed by atoms with Crippen LogP contribution in [-0.2, 0) is 13.0 Å². The van der Waals surface area contributed by atoms with E-state index in [1.807, 2.05) is 35.2 Å². The number of carbonyl (C=O) groups excluding carboxylic acids is 1. The highest BCUT2D eigenvalue weighted by Gasteiger charge is 2.32. The predicted molar refractivity (Wildman–Crippen MR) is 114 cm³/mol. The summed E-state index contributed by atoms with van der Waals surface area (Å²) in [6, 6.07) is 13.1. The quantitative estimate of drug-likeness (QED) is 0.808. The molecule has 1 fully saturated rings. The van der Waals surface area contributed by atoms with Crippen molar-refractivity contribution in [2.24, 2.45) is 0 Å². The molecule has 30 heavy (non-hydrogen) atoms. The smallest absolute Gasteiger partial charge is 0.335 e. The van der Waals surface area contributed by atoms with Crippen molar-refractivity contribution in [1.29, 1.82) is 0 Å². The third-order valence-electron chi connectivity index (χ3n) is 5.90. The molecule has 7 heteroatoms. The number of nitrogens with zero attached hydrogens (tertiary/aromatic N) is 2. The maximum atomic E-state index is 12.8. The minimum Gasteiger partial charge on any atom is -0.493 e. The van der Waals surface area contributed by atoms with E-state index >= 15 is 0 Å². The average Bonchev–Trinajstić information content (AvgIpc) is 3.18. The number of aromatic carboxylic acids is 1. The molecule has 1 saturated heterocycles. The number of urea groups is 1. The Hall–Kier alpha value is -3.06. The molecule has 0 saturated carbocycles. The van der Waals surface area contributed by atoms with Crippen LogP contribution in [-0.4, -0.2) is 58.7 Å². The molecule has 2 N–H and O–H groups in total. The van der Waals surface area contributed by atoms with Gasteiger partial charge in [0, 0.05) is 43.8 Å². The first-order valence-electron chi connectivity index (χ1n) is 10.3. The molecule has 4 rings (SSSR count). The Balaban J connectivity index is 1.37. The summed E-state index contributed by atoms with van der Waals surface area (Å²) in [4.78, 5) is 28.1. The minimum absolute atomic E-state index is 0.0852. The van der Waals surface area contributed by atoms with Crippen molar-refractivity contribution in [2.75, 3.05) is 25.0 Å². The Labute approximate surface area is 176 Å². The average molecular weight is 409 g/mol. The molecule has 2 aliphatic rings. The lowest BCUT2D eigenvalue weighted by atomic mass is 10.1. The summed E-state index contributed by atoms with van der Waals surface area (Å²) in [5.41, 5.74) is 3.29. The van der Waals surface area contributed by atoms with Gasteiger partial charge < -0.3 is 20.1 Å². The van der Waals surface area contributed by atoms with Gasteiger partial charge in [-0.2, -0.15) is 0 Å². The number of anilines is 1. The Morgan fingerprint density at radius 2 is 1.80 bits per heavy atom. The number of carboxylic acids is 1. The number of carbonyl (C=O) groups is 2. The van der Waals surface area contributed by atoms with Crippen LogP contribution in [0.2, 0.25) is 0 Å². The molecule has 2 heterocycles. The lowest BCUT2D eigenvalue weighted by Crippen LogP contribution is -2.58. The Bertz CT molecular complexity index is 932. The van der Waals surface area contributed by atoms with E-state index < -0.39 is 5.97 Å². The van der Waals surface area contributed by atoms with Gasteiger partial charge in [0.25, 0.3) is 0 Å². The highest BCUT2D eigenvalue weighted by atomic mass is 16.5. The minimum atomic E-state index is -0.918. The summed E-state index contributed by atoms with van der Waals surface area (Å²) in [6.07, 6.45) is 0.874. The second-order valence-corrected chi connectivity index (χ2v) is 8.13. The Morgan fingerprint density at radius 1 is 1.10 bits per heavy atom. The van der Waals surface area contributed by atoms with Gasteiger partial charge in [0.05, 0.1) is 12.2 Å². The molecule has 0 spiro atoms. The van der Waals surface area contributed by atoms with Gasteiger partial charge in [-0.3, -0.25) is 4.90 Å². The van der Waals surface area contributed by atoms with Gasteiger partial charge in [0.1, 0.15) is 5.75 Å². The molecule has 0 aromatic heterocycles. The molecule has 158 valence electrons. The van der Waals surface area contributed by atoms with Crippen molar-refractivity contribution in [3.8, 4) is 5.75 Å². The van der Waals surface area contributed by atoms with Gasteiger partial charge in [-0.15, -0.1) is 0 Å². The number of benzene rings is 2. The largest absolute Gasteiger partial charge is 0.493 e. The fourth-order valence-corrected chi connectivity index (χ4v) is 4.26. The SMILES string of the molecule is C[C@@H]1CN(C(=O)Nc2ccc3c(c2)CCO3)C[C@H](C)N1Cc1ccc(C(=O)O)cc1. The van der Waals surface area contributed by atoms with Crippen molar-refractivity contribution in [3.05, 3.63) is 59.2 Å². The van der Waals surface area contributed by atoms with Crippen molar-refractivity contribution < 1.29 is 19.4 Å². The fourth-order valence-electron chi connectivity index (χ4n) is 4.26. The van der Waals surface area contributed by atoms with E-state index in [0.717, 1.165) is 35.5 Å². The van der Waals surface area contributed by atoms with E-state index in [1.54, 1.807) is 12.1 Å². The number of fused-ring (bicyclic) bond motifs is 1. The molecular formula is C23H27N3O4. The maximum Gasteiger partial charge on any atom is 0.335 e. The van der Waals surface area contributed by atoms with Crippen LogP contribution in [0, 0.1) is 0 Å². The number of amides is 2. The monoisotopic (exact) mass is 409 g/mol. The number of carboxylic acid groups (broad SMARTS) is 1. The van der Waals surface area contributed by atoms with Crippen molar-refractivity contribution in [1.82, 2.24) is 9.80 Å². The summed E-state index contributed by atoms with van der Waals surface area (Å²) in [5, 5.41) is 12.1. The van der Waals surface area contributed by atoms with Crippen LogP contribution in [0.25, 0.3) is 0 Å². The normalized spacial score (nSPS) is 21.1. The van der Waals surface area contributed by atoms with E-state index in [0.29, 0.717) is 25.3 Å². The highest BCUT2D eigenvalue weighted by Crippen LogP contribution is 2.28. The van der Waals surface area contributed by atoms with Crippen molar-refractivity contribution in [3.63, 3.8) is 0 Å². The molecule has 2 aromatic carbocycles.